The van der Waals surface area contributed by atoms with Gasteiger partial charge >= 0.3 is 6.18 Å². The van der Waals surface area contributed by atoms with E-state index in [1.54, 1.807) is 24.3 Å². The standard InChI is InChI=1S/C20H24F3N3O.2ClH/c1-3-26(4-2)18(14-8-10-16(11-9-14)20(21,22)23)13-25-19(27)15-6-5-7-17(24)12-15;;/h5-12,18H,3-4,13,24H2,1-2H3,(H,25,27);2*1H. The zero-order valence-electron chi connectivity index (χ0n) is 16.2. The molecule has 2 aromatic carbocycles. The zero-order valence-corrected chi connectivity index (χ0v) is 17.8. The van der Waals surface area contributed by atoms with E-state index in [0.717, 1.165) is 17.7 Å². The van der Waals surface area contributed by atoms with Crippen molar-refractivity contribution in [3.63, 3.8) is 0 Å². The summed E-state index contributed by atoms with van der Waals surface area (Å²) >= 11 is 0. The van der Waals surface area contributed by atoms with E-state index in [1.165, 1.54) is 12.1 Å². The average molecular weight is 452 g/mol. The van der Waals surface area contributed by atoms with Gasteiger partial charge in [-0.05, 0) is 49.0 Å². The van der Waals surface area contributed by atoms with Gasteiger partial charge < -0.3 is 11.1 Å². The first-order chi connectivity index (χ1) is 12.8. The van der Waals surface area contributed by atoms with Crippen LogP contribution in [0.1, 0.15) is 41.4 Å². The smallest absolute Gasteiger partial charge is 0.399 e. The molecule has 0 aliphatic carbocycles. The molecule has 1 unspecified atom stereocenters. The number of halogens is 5. The molecule has 29 heavy (non-hydrogen) atoms. The van der Waals surface area contributed by atoms with Crippen LogP contribution in [0.2, 0.25) is 0 Å². The Bertz CT molecular complexity index is 766. The molecule has 0 spiro atoms. The minimum absolute atomic E-state index is 0. The molecule has 2 aromatic rings. The molecule has 2 rings (SSSR count). The molecule has 0 aliphatic rings. The summed E-state index contributed by atoms with van der Waals surface area (Å²) in [6.07, 6.45) is -4.37. The predicted octanol–water partition coefficient (Wildman–Crippen LogP) is 4.94. The number of benzene rings is 2. The first kappa shape index (κ1) is 27.0. The van der Waals surface area contributed by atoms with Gasteiger partial charge in [0.2, 0.25) is 0 Å². The van der Waals surface area contributed by atoms with Crippen LogP contribution in [-0.4, -0.2) is 30.4 Å². The highest BCUT2D eigenvalue weighted by molar-refractivity contribution is 5.95. The highest BCUT2D eigenvalue weighted by Crippen LogP contribution is 2.30. The summed E-state index contributed by atoms with van der Waals surface area (Å²) < 4.78 is 38.4. The predicted molar refractivity (Wildman–Crippen MR) is 115 cm³/mol. The van der Waals surface area contributed by atoms with Gasteiger partial charge in [0.1, 0.15) is 0 Å². The van der Waals surface area contributed by atoms with Gasteiger partial charge in [0.05, 0.1) is 11.6 Å². The molecule has 0 heterocycles. The second-order valence-electron chi connectivity index (χ2n) is 6.19. The molecule has 162 valence electrons. The van der Waals surface area contributed by atoms with E-state index in [-0.39, 0.29) is 43.3 Å². The fourth-order valence-corrected chi connectivity index (χ4v) is 2.99. The van der Waals surface area contributed by atoms with Crippen LogP contribution in [-0.2, 0) is 6.18 Å². The summed E-state index contributed by atoms with van der Waals surface area (Å²) in [4.78, 5) is 14.5. The first-order valence-corrected chi connectivity index (χ1v) is 8.81. The van der Waals surface area contributed by atoms with Gasteiger partial charge in [0, 0.05) is 17.8 Å². The van der Waals surface area contributed by atoms with Crippen LogP contribution in [0, 0.1) is 0 Å². The van der Waals surface area contributed by atoms with Gasteiger partial charge in [-0.25, -0.2) is 0 Å². The molecule has 0 bridgehead atoms. The summed E-state index contributed by atoms with van der Waals surface area (Å²) in [5, 5.41) is 2.86. The third kappa shape index (κ3) is 7.42. The second kappa shape index (κ2) is 11.9. The lowest BCUT2D eigenvalue weighted by atomic mass is 10.0. The number of rotatable bonds is 7. The molecule has 0 aromatic heterocycles. The Morgan fingerprint density at radius 3 is 2.14 bits per heavy atom. The van der Waals surface area contributed by atoms with Gasteiger partial charge in [-0.2, -0.15) is 13.2 Å². The zero-order chi connectivity index (χ0) is 20.0. The van der Waals surface area contributed by atoms with Crippen molar-refractivity contribution >= 4 is 36.4 Å². The number of alkyl halides is 3. The number of nitrogens with one attached hydrogen (secondary N) is 1. The number of likely N-dealkylation sites (N-methyl/N-ethyl adjacent to an activating group) is 1. The van der Waals surface area contributed by atoms with Crippen LogP contribution in [0.3, 0.4) is 0 Å². The van der Waals surface area contributed by atoms with E-state index in [9.17, 15) is 18.0 Å². The number of anilines is 1. The molecule has 0 fully saturated rings. The lowest BCUT2D eigenvalue weighted by molar-refractivity contribution is -0.137. The van der Waals surface area contributed by atoms with Crippen LogP contribution in [0.25, 0.3) is 0 Å². The van der Waals surface area contributed by atoms with Crippen LogP contribution >= 0.6 is 24.8 Å². The van der Waals surface area contributed by atoms with E-state index in [2.05, 4.69) is 10.2 Å². The normalized spacial score (nSPS) is 11.9. The number of nitrogens with two attached hydrogens (primary N) is 1. The number of hydrogen-bond acceptors (Lipinski definition) is 3. The van der Waals surface area contributed by atoms with E-state index < -0.39 is 11.7 Å². The Balaban J connectivity index is 0.00000392. The van der Waals surface area contributed by atoms with Crippen molar-refractivity contribution in [2.75, 3.05) is 25.4 Å². The van der Waals surface area contributed by atoms with Crippen molar-refractivity contribution in [2.45, 2.75) is 26.1 Å². The summed E-state index contributed by atoms with van der Waals surface area (Å²) in [6, 6.07) is 11.5. The minimum Gasteiger partial charge on any atom is -0.399 e. The van der Waals surface area contributed by atoms with Gasteiger partial charge in [0.25, 0.3) is 5.91 Å². The largest absolute Gasteiger partial charge is 0.416 e. The molecule has 3 N–H and O–H groups in total. The molecule has 4 nitrogen and oxygen atoms in total. The summed E-state index contributed by atoms with van der Waals surface area (Å²) in [5.41, 5.74) is 6.68. The monoisotopic (exact) mass is 451 g/mol. The van der Waals surface area contributed by atoms with Crippen molar-refractivity contribution in [1.29, 1.82) is 0 Å². The van der Waals surface area contributed by atoms with Crippen LogP contribution in [0.4, 0.5) is 18.9 Å². The number of nitrogens with zero attached hydrogens (tertiary/aromatic N) is 1. The fraction of sp³-hybridized carbons (Fsp3) is 0.350. The molecule has 1 amide bonds. The van der Waals surface area contributed by atoms with E-state index in [4.69, 9.17) is 5.73 Å². The van der Waals surface area contributed by atoms with Crippen molar-refractivity contribution < 1.29 is 18.0 Å². The number of hydrogen-bond donors (Lipinski definition) is 2. The summed E-state index contributed by atoms with van der Waals surface area (Å²) in [5.74, 6) is -0.272. The van der Waals surface area contributed by atoms with Crippen molar-refractivity contribution in [3.8, 4) is 0 Å². The Labute approximate surface area is 181 Å². The van der Waals surface area contributed by atoms with E-state index >= 15 is 0 Å². The molecular weight excluding hydrogens is 426 g/mol. The Kier molecular flexibility index (Phi) is 11.1. The SMILES string of the molecule is CCN(CC)C(CNC(=O)c1cccc(N)c1)c1ccc(C(F)(F)F)cc1.Cl.Cl. The molecule has 0 radical (unpaired) electrons. The Hall–Kier alpha value is -1.96. The molecule has 0 aliphatic heterocycles. The second-order valence-corrected chi connectivity index (χ2v) is 6.19. The topological polar surface area (TPSA) is 58.4 Å². The first-order valence-electron chi connectivity index (χ1n) is 8.81. The van der Waals surface area contributed by atoms with Gasteiger partial charge in [0.15, 0.2) is 0 Å². The molecular formula is C20H26Cl2F3N3O. The van der Waals surface area contributed by atoms with Gasteiger partial charge in [-0.1, -0.05) is 32.0 Å². The summed E-state index contributed by atoms with van der Waals surface area (Å²) in [7, 11) is 0. The molecule has 9 heteroatoms. The minimum atomic E-state index is -4.37. The molecule has 0 saturated carbocycles. The number of carbonyl (C=O) groups is 1. The van der Waals surface area contributed by atoms with Crippen LogP contribution in [0.15, 0.2) is 48.5 Å². The van der Waals surface area contributed by atoms with Crippen LogP contribution in [0.5, 0.6) is 0 Å². The van der Waals surface area contributed by atoms with Gasteiger partial charge in [-0.3, -0.25) is 9.69 Å². The number of amides is 1. The van der Waals surface area contributed by atoms with Crippen molar-refractivity contribution in [1.82, 2.24) is 10.2 Å². The quantitative estimate of drug-likeness (QED) is 0.585. The van der Waals surface area contributed by atoms with Gasteiger partial charge in [-0.15, -0.1) is 24.8 Å². The van der Waals surface area contributed by atoms with E-state index in [1.807, 2.05) is 13.8 Å². The maximum atomic E-state index is 12.8. The number of carbonyl (C=O) groups excluding carboxylic acids is 1. The maximum absolute atomic E-state index is 12.8. The van der Waals surface area contributed by atoms with E-state index in [0.29, 0.717) is 24.3 Å². The highest BCUT2D eigenvalue weighted by Gasteiger charge is 2.30. The third-order valence-electron chi connectivity index (χ3n) is 4.48. The van der Waals surface area contributed by atoms with Crippen molar-refractivity contribution in [3.05, 3.63) is 65.2 Å². The summed E-state index contributed by atoms with van der Waals surface area (Å²) in [6.45, 7) is 5.63. The van der Waals surface area contributed by atoms with Crippen LogP contribution < -0.4 is 11.1 Å². The fourth-order valence-electron chi connectivity index (χ4n) is 2.99. The molecule has 0 saturated heterocycles. The Morgan fingerprint density at radius 2 is 1.66 bits per heavy atom. The number of nitrogen functional groups attached to an aromatic ring is 1. The maximum Gasteiger partial charge on any atom is 0.416 e. The third-order valence-corrected chi connectivity index (χ3v) is 4.48. The lowest BCUT2D eigenvalue weighted by Crippen LogP contribution is -2.38. The average Bonchev–Trinajstić information content (AvgIpc) is 2.64. The highest BCUT2D eigenvalue weighted by atomic mass is 35.5. The van der Waals surface area contributed by atoms with Crippen molar-refractivity contribution in [2.24, 2.45) is 0 Å². The lowest BCUT2D eigenvalue weighted by Gasteiger charge is -2.30. The molecule has 1 atom stereocenters. The Morgan fingerprint density at radius 1 is 1.07 bits per heavy atom.